The lowest BCUT2D eigenvalue weighted by atomic mass is 10.2. The van der Waals surface area contributed by atoms with Crippen LogP contribution in [0.5, 0.6) is 17.2 Å². The summed E-state index contributed by atoms with van der Waals surface area (Å²) >= 11 is 0. The minimum Gasteiger partial charge on any atom is -0.493 e. The second-order valence-corrected chi connectivity index (χ2v) is 6.14. The number of hydrogen-bond acceptors (Lipinski definition) is 5. The topological polar surface area (TPSA) is 81.9 Å². The van der Waals surface area contributed by atoms with Gasteiger partial charge < -0.3 is 14.8 Å². The molecule has 1 amide bonds. The van der Waals surface area contributed by atoms with Gasteiger partial charge in [-0.15, -0.1) is 0 Å². The Balaban J connectivity index is 1.51. The van der Waals surface area contributed by atoms with Crippen molar-refractivity contribution in [1.29, 1.82) is 0 Å². The van der Waals surface area contributed by atoms with Gasteiger partial charge in [-0.3, -0.25) is 14.0 Å². The van der Waals surface area contributed by atoms with E-state index in [1.165, 1.54) is 10.6 Å². The van der Waals surface area contributed by atoms with Gasteiger partial charge in [-0.05, 0) is 48.5 Å². The number of para-hydroxylation sites is 2. The van der Waals surface area contributed by atoms with Crippen LogP contribution in [0.4, 0.5) is 5.69 Å². The molecule has 2 heterocycles. The van der Waals surface area contributed by atoms with Gasteiger partial charge in [0.25, 0.3) is 11.5 Å². The summed E-state index contributed by atoms with van der Waals surface area (Å²) in [5.74, 6) is 1.26. The van der Waals surface area contributed by atoms with E-state index in [0.717, 1.165) is 0 Å². The molecule has 7 heteroatoms. The third-order valence-electron chi connectivity index (χ3n) is 4.27. The second-order valence-electron chi connectivity index (χ2n) is 6.14. The van der Waals surface area contributed by atoms with Gasteiger partial charge in [0.15, 0.2) is 11.5 Å². The summed E-state index contributed by atoms with van der Waals surface area (Å²) in [4.78, 5) is 29.2. The summed E-state index contributed by atoms with van der Waals surface area (Å²) < 4.78 is 12.4. The van der Waals surface area contributed by atoms with Gasteiger partial charge in [0.2, 0.25) is 0 Å². The van der Waals surface area contributed by atoms with Gasteiger partial charge >= 0.3 is 0 Å². The third-order valence-corrected chi connectivity index (χ3v) is 4.27. The molecule has 0 bridgehead atoms. The number of rotatable bonds is 5. The molecule has 0 saturated heterocycles. The molecule has 2 aromatic carbocycles. The maximum absolute atomic E-state index is 12.5. The first-order valence-electron chi connectivity index (χ1n) is 8.84. The van der Waals surface area contributed by atoms with Crippen molar-refractivity contribution in [3.8, 4) is 17.2 Å². The smallest absolute Gasteiger partial charge is 0.270 e. The Labute approximate surface area is 166 Å². The van der Waals surface area contributed by atoms with Crippen LogP contribution in [0.25, 0.3) is 5.65 Å². The number of methoxy groups -OCH3 is 1. The number of ether oxygens (including phenoxy) is 2. The molecular formula is C22H17N3O4. The van der Waals surface area contributed by atoms with Crippen molar-refractivity contribution in [3.05, 3.63) is 95.0 Å². The molecule has 0 saturated carbocycles. The number of hydrogen-bond donors (Lipinski definition) is 1. The van der Waals surface area contributed by atoms with E-state index in [1.807, 2.05) is 12.1 Å². The van der Waals surface area contributed by atoms with Gasteiger partial charge in [0.05, 0.1) is 7.11 Å². The van der Waals surface area contributed by atoms with E-state index in [-0.39, 0.29) is 5.56 Å². The van der Waals surface area contributed by atoms with Crippen LogP contribution in [0.3, 0.4) is 0 Å². The predicted molar refractivity (Wildman–Crippen MR) is 109 cm³/mol. The Morgan fingerprint density at radius 1 is 0.966 bits per heavy atom. The van der Waals surface area contributed by atoms with Crippen molar-refractivity contribution >= 4 is 17.2 Å². The Hall–Kier alpha value is -4.13. The van der Waals surface area contributed by atoms with Crippen molar-refractivity contribution in [2.45, 2.75) is 0 Å². The summed E-state index contributed by atoms with van der Waals surface area (Å²) in [5, 5.41) is 2.70. The SMILES string of the molecule is COc1ccccc1Oc1ccc(NC(=O)c2cnc3ccccn3c2=O)cc1. The minimum atomic E-state index is -0.529. The van der Waals surface area contributed by atoms with Crippen LogP contribution < -0.4 is 20.3 Å². The normalized spacial score (nSPS) is 10.5. The van der Waals surface area contributed by atoms with Crippen molar-refractivity contribution < 1.29 is 14.3 Å². The lowest BCUT2D eigenvalue weighted by molar-refractivity contribution is 0.102. The van der Waals surface area contributed by atoms with Gasteiger partial charge in [-0.1, -0.05) is 18.2 Å². The second kappa shape index (κ2) is 7.85. The molecule has 29 heavy (non-hydrogen) atoms. The summed E-state index contributed by atoms with van der Waals surface area (Å²) in [6, 6.07) is 19.3. The van der Waals surface area contributed by atoms with E-state index in [4.69, 9.17) is 9.47 Å². The molecule has 0 aliphatic rings. The molecule has 7 nitrogen and oxygen atoms in total. The van der Waals surface area contributed by atoms with E-state index in [1.54, 1.807) is 67.9 Å². The summed E-state index contributed by atoms with van der Waals surface area (Å²) in [6.45, 7) is 0. The largest absolute Gasteiger partial charge is 0.493 e. The first kappa shape index (κ1) is 18.2. The molecule has 0 aliphatic heterocycles. The fourth-order valence-corrected chi connectivity index (χ4v) is 2.82. The maximum atomic E-state index is 12.5. The quantitative estimate of drug-likeness (QED) is 0.564. The number of carbonyl (C=O) groups is 1. The predicted octanol–water partition coefficient (Wildman–Crippen LogP) is 3.75. The number of benzene rings is 2. The highest BCUT2D eigenvalue weighted by Gasteiger charge is 2.13. The molecule has 0 atom stereocenters. The van der Waals surface area contributed by atoms with Crippen molar-refractivity contribution in [3.63, 3.8) is 0 Å². The number of fused-ring (bicyclic) bond motifs is 1. The standard InChI is InChI=1S/C22H17N3O4/c1-28-18-6-2-3-7-19(18)29-16-11-9-15(10-12-16)24-21(26)17-14-23-20-8-4-5-13-25(20)22(17)27/h2-14H,1H3,(H,24,26). The highest BCUT2D eigenvalue weighted by atomic mass is 16.5. The zero-order chi connectivity index (χ0) is 20.2. The summed E-state index contributed by atoms with van der Waals surface area (Å²) in [6.07, 6.45) is 2.86. The number of anilines is 1. The zero-order valence-corrected chi connectivity index (χ0v) is 15.5. The molecule has 1 N–H and O–H groups in total. The first-order chi connectivity index (χ1) is 14.2. The van der Waals surface area contributed by atoms with Gasteiger partial charge in [-0.2, -0.15) is 0 Å². The van der Waals surface area contributed by atoms with Gasteiger partial charge in [-0.25, -0.2) is 4.98 Å². The number of aromatic nitrogens is 2. The summed E-state index contributed by atoms with van der Waals surface area (Å²) in [5.41, 5.74) is 0.541. The highest BCUT2D eigenvalue weighted by Crippen LogP contribution is 2.31. The molecule has 0 aliphatic carbocycles. The van der Waals surface area contributed by atoms with Crippen LogP contribution in [0.15, 0.2) is 83.9 Å². The Kier molecular flexibility index (Phi) is 4.94. The van der Waals surface area contributed by atoms with Crippen molar-refractivity contribution in [2.24, 2.45) is 0 Å². The van der Waals surface area contributed by atoms with Crippen LogP contribution in [0.1, 0.15) is 10.4 Å². The maximum Gasteiger partial charge on any atom is 0.270 e. The van der Waals surface area contributed by atoms with Crippen molar-refractivity contribution in [2.75, 3.05) is 12.4 Å². The highest BCUT2D eigenvalue weighted by molar-refractivity contribution is 6.03. The molecular weight excluding hydrogens is 370 g/mol. The molecule has 0 radical (unpaired) electrons. The van der Waals surface area contributed by atoms with E-state index >= 15 is 0 Å². The lowest BCUT2D eigenvalue weighted by Crippen LogP contribution is -2.26. The molecule has 0 unspecified atom stereocenters. The Morgan fingerprint density at radius 2 is 1.69 bits per heavy atom. The van der Waals surface area contributed by atoms with Crippen LogP contribution in [-0.2, 0) is 0 Å². The lowest BCUT2D eigenvalue weighted by Gasteiger charge is -2.11. The monoisotopic (exact) mass is 387 g/mol. The Bertz CT molecular complexity index is 1230. The molecule has 4 aromatic rings. The fraction of sp³-hybridized carbons (Fsp3) is 0.0455. The van der Waals surface area contributed by atoms with Crippen molar-refractivity contribution in [1.82, 2.24) is 9.38 Å². The zero-order valence-electron chi connectivity index (χ0n) is 15.5. The van der Waals surface area contributed by atoms with Crippen LogP contribution >= 0.6 is 0 Å². The minimum absolute atomic E-state index is 0.0388. The van der Waals surface area contributed by atoms with Crippen LogP contribution in [-0.4, -0.2) is 22.4 Å². The fourth-order valence-electron chi connectivity index (χ4n) is 2.82. The first-order valence-corrected chi connectivity index (χ1v) is 8.84. The summed E-state index contributed by atoms with van der Waals surface area (Å²) in [7, 11) is 1.57. The third kappa shape index (κ3) is 3.79. The van der Waals surface area contributed by atoms with Gasteiger partial charge in [0, 0.05) is 18.1 Å². The van der Waals surface area contributed by atoms with Crippen LogP contribution in [0.2, 0.25) is 0 Å². The average molecular weight is 387 g/mol. The number of amides is 1. The van der Waals surface area contributed by atoms with E-state index < -0.39 is 11.5 Å². The molecule has 0 spiro atoms. The molecule has 144 valence electrons. The van der Waals surface area contributed by atoms with Crippen LogP contribution in [0, 0.1) is 0 Å². The van der Waals surface area contributed by atoms with E-state index in [2.05, 4.69) is 10.3 Å². The molecule has 0 fully saturated rings. The number of carbonyl (C=O) groups excluding carboxylic acids is 1. The molecule has 4 rings (SSSR count). The number of pyridine rings is 1. The van der Waals surface area contributed by atoms with Gasteiger partial charge in [0.1, 0.15) is 17.0 Å². The average Bonchev–Trinajstić information content (AvgIpc) is 2.76. The number of nitrogens with one attached hydrogen (secondary N) is 1. The van der Waals surface area contributed by atoms with E-state index in [9.17, 15) is 9.59 Å². The molecule has 2 aromatic heterocycles. The number of nitrogens with zero attached hydrogens (tertiary/aromatic N) is 2. The Morgan fingerprint density at radius 3 is 2.45 bits per heavy atom. The van der Waals surface area contributed by atoms with E-state index in [0.29, 0.717) is 28.6 Å².